The van der Waals surface area contributed by atoms with Crippen molar-refractivity contribution in [2.75, 3.05) is 0 Å². The molecule has 3 atom stereocenters. The van der Waals surface area contributed by atoms with Gasteiger partial charge >= 0.3 is 0 Å². The van der Waals surface area contributed by atoms with Gasteiger partial charge in [0.15, 0.2) is 17.5 Å². The van der Waals surface area contributed by atoms with Crippen LogP contribution in [0.4, 0.5) is 0 Å². The first-order valence-electron chi connectivity index (χ1n) is 16.6. The summed E-state index contributed by atoms with van der Waals surface area (Å²) in [6, 6.07) is 27.6. The van der Waals surface area contributed by atoms with Crippen LogP contribution in [0, 0.1) is 11.3 Å². The van der Waals surface area contributed by atoms with Gasteiger partial charge in [-0.3, -0.25) is 9.97 Å². The van der Waals surface area contributed by atoms with Crippen LogP contribution in [-0.2, 0) is 6.42 Å². The molecule has 0 N–H and O–H groups in total. The van der Waals surface area contributed by atoms with E-state index in [2.05, 4.69) is 122 Å². The Labute approximate surface area is 280 Å². The molecule has 9 rings (SSSR count). The van der Waals surface area contributed by atoms with Crippen molar-refractivity contribution in [2.24, 2.45) is 11.3 Å². The predicted octanol–water partition coefficient (Wildman–Crippen LogP) is 9.79. The quantitative estimate of drug-likeness (QED) is 0.197. The number of nitrogens with zero attached hydrogens (tertiary/aromatic N) is 5. The number of pyridine rings is 2. The molecular formula is C43H33N5. The summed E-state index contributed by atoms with van der Waals surface area (Å²) in [6.45, 7) is 4.57. The van der Waals surface area contributed by atoms with Crippen molar-refractivity contribution in [2.45, 2.75) is 26.2 Å². The van der Waals surface area contributed by atoms with Gasteiger partial charge in [-0.2, -0.15) is 0 Å². The minimum absolute atomic E-state index is 0.165. The average Bonchev–Trinajstić information content (AvgIpc) is 3.14. The van der Waals surface area contributed by atoms with Crippen molar-refractivity contribution >= 4 is 28.5 Å². The Morgan fingerprint density at radius 3 is 2.48 bits per heavy atom. The summed E-state index contributed by atoms with van der Waals surface area (Å²) >= 11 is 0. The topological polar surface area (TPSA) is 64.5 Å². The summed E-state index contributed by atoms with van der Waals surface area (Å²) in [7, 11) is 0. The van der Waals surface area contributed by atoms with Crippen molar-refractivity contribution in [3.8, 4) is 34.0 Å². The van der Waals surface area contributed by atoms with Crippen molar-refractivity contribution in [1.82, 2.24) is 24.9 Å². The van der Waals surface area contributed by atoms with Gasteiger partial charge in [-0.25, -0.2) is 15.0 Å². The summed E-state index contributed by atoms with van der Waals surface area (Å²) in [4.78, 5) is 25.0. The van der Waals surface area contributed by atoms with E-state index in [0.29, 0.717) is 29.1 Å². The lowest BCUT2D eigenvalue weighted by molar-refractivity contribution is 0.495. The first kappa shape index (κ1) is 28.4. The highest BCUT2D eigenvalue weighted by molar-refractivity contribution is 5.97. The van der Waals surface area contributed by atoms with Crippen molar-refractivity contribution < 1.29 is 0 Å². The smallest absolute Gasteiger partial charge is 0.182 e. The highest BCUT2D eigenvalue weighted by atomic mass is 15.1. The Balaban J connectivity index is 1.29. The highest BCUT2D eigenvalue weighted by Gasteiger charge is 2.42. The number of allylic oxidation sites excluding steroid dienone is 6. The molecule has 0 radical (unpaired) electrons. The van der Waals surface area contributed by atoms with E-state index in [1.807, 2.05) is 30.6 Å². The number of fused-ring (bicyclic) bond motifs is 6. The number of hydrogen-bond donors (Lipinski definition) is 0. The third kappa shape index (κ3) is 4.65. The van der Waals surface area contributed by atoms with Crippen LogP contribution in [0.3, 0.4) is 0 Å². The molecule has 3 aromatic carbocycles. The van der Waals surface area contributed by atoms with Crippen LogP contribution in [-0.4, -0.2) is 24.9 Å². The third-order valence-corrected chi connectivity index (χ3v) is 10.1. The fourth-order valence-corrected chi connectivity index (χ4v) is 7.60. The Morgan fingerprint density at radius 1 is 0.771 bits per heavy atom. The Morgan fingerprint density at radius 2 is 1.60 bits per heavy atom. The Kier molecular flexibility index (Phi) is 6.61. The fraction of sp³-hybridized carbons (Fsp3) is 0.140. The van der Waals surface area contributed by atoms with E-state index in [1.54, 1.807) is 6.20 Å². The van der Waals surface area contributed by atoms with E-state index in [4.69, 9.17) is 19.9 Å². The molecule has 3 unspecified atom stereocenters. The lowest BCUT2D eigenvalue weighted by Crippen LogP contribution is -2.29. The SMILES string of the molecule is CC1C=Cc2c(c(-c3nc(C4=Cc5ccccc5C5C=CC=CC45C)nc(-c4ccc(-c5cccnc5)cn4)n3)cc3ccccc23)C1. The Hall–Kier alpha value is -5.81. The number of hydrogen-bond acceptors (Lipinski definition) is 5. The van der Waals surface area contributed by atoms with Gasteiger partial charge in [-0.1, -0.05) is 111 Å². The van der Waals surface area contributed by atoms with Crippen molar-refractivity contribution in [3.05, 3.63) is 156 Å². The first-order valence-corrected chi connectivity index (χ1v) is 16.6. The van der Waals surface area contributed by atoms with E-state index in [-0.39, 0.29) is 11.3 Å². The van der Waals surface area contributed by atoms with Crippen LogP contribution in [0.25, 0.3) is 62.5 Å². The van der Waals surface area contributed by atoms with Gasteiger partial charge in [0, 0.05) is 52.2 Å². The van der Waals surface area contributed by atoms with Gasteiger partial charge in [0.25, 0.3) is 0 Å². The third-order valence-electron chi connectivity index (χ3n) is 10.1. The fourth-order valence-electron chi connectivity index (χ4n) is 7.60. The minimum atomic E-state index is -0.337. The zero-order valence-electron chi connectivity index (χ0n) is 26.9. The molecule has 3 heterocycles. The summed E-state index contributed by atoms with van der Waals surface area (Å²) < 4.78 is 0. The molecule has 230 valence electrons. The van der Waals surface area contributed by atoms with E-state index in [1.165, 1.54) is 33.0 Å². The summed E-state index contributed by atoms with van der Waals surface area (Å²) in [5.74, 6) is 2.49. The lowest BCUT2D eigenvalue weighted by Gasteiger charge is -2.41. The molecule has 3 aliphatic rings. The maximum absolute atomic E-state index is 5.36. The second-order valence-corrected chi connectivity index (χ2v) is 13.2. The molecule has 5 nitrogen and oxygen atoms in total. The molecule has 48 heavy (non-hydrogen) atoms. The van der Waals surface area contributed by atoms with E-state index < -0.39 is 0 Å². The summed E-state index contributed by atoms with van der Waals surface area (Å²) in [6.07, 6.45) is 22.2. The van der Waals surface area contributed by atoms with Crippen LogP contribution < -0.4 is 0 Å². The molecule has 0 amide bonds. The zero-order valence-corrected chi connectivity index (χ0v) is 26.9. The standard InChI is InChI=1S/C43H33N5/c1-27-16-18-34-32-13-5-3-10-28(32)23-36(35(34)22-27)40-46-41(38-24-29-11-4-6-14-33(29)37-15-7-8-20-43(37,38)2)48-42(47-40)39-19-17-31(26-45-39)30-12-9-21-44-25-30/h3-21,23-27,37H,22H2,1-2H3. The van der Waals surface area contributed by atoms with Crippen molar-refractivity contribution in [1.29, 1.82) is 0 Å². The molecule has 0 spiro atoms. The molecule has 0 saturated carbocycles. The normalized spacial score (nSPS) is 20.6. The largest absolute Gasteiger partial charge is 0.264 e. The van der Waals surface area contributed by atoms with Gasteiger partial charge in [0.05, 0.1) is 0 Å². The molecule has 6 aromatic rings. The van der Waals surface area contributed by atoms with E-state index in [9.17, 15) is 0 Å². The van der Waals surface area contributed by atoms with Gasteiger partial charge in [-0.15, -0.1) is 0 Å². The molecule has 5 heteroatoms. The number of benzene rings is 3. The van der Waals surface area contributed by atoms with Crippen LogP contribution in [0.2, 0.25) is 0 Å². The van der Waals surface area contributed by atoms with Crippen LogP contribution in [0.1, 0.15) is 47.8 Å². The maximum atomic E-state index is 5.36. The second kappa shape index (κ2) is 11.2. The van der Waals surface area contributed by atoms with Crippen LogP contribution in [0.15, 0.2) is 128 Å². The van der Waals surface area contributed by atoms with Gasteiger partial charge in [0.1, 0.15) is 5.69 Å². The van der Waals surface area contributed by atoms with E-state index in [0.717, 1.165) is 28.7 Å². The molecule has 3 aliphatic carbocycles. The lowest BCUT2D eigenvalue weighted by atomic mass is 9.62. The van der Waals surface area contributed by atoms with E-state index >= 15 is 0 Å². The first-order chi connectivity index (χ1) is 23.5. The molecule has 0 saturated heterocycles. The monoisotopic (exact) mass is 619 g/mol. The van der Waals surface area contributed by atoms with Crippen LogP contribution >= 0.6 is 0 Å². The molecule has 0 bridgehead atoms. The summed E-state index contributed by atoms with van der Waals surface area (Å²) in [5.41, 5.74) is 9.54. The number of rotatable bonds is 4. The predicted molar refractivity (Wildman–Crippen MR) is 195 cm³/mol. The zero-order chi connectivity index (χ0) is 32.2. The van der Waals surface area contributed by atoms with Gasteiger partial charge in [0.2, 0.25) is 0 Å². The minimum Gasteiger partial charge on any atom is -0.264 e. The highest BCUT2D eigenvalue weighted by Crippen LogP contribution is 2.54. The second-order valence-electron chi connectivity index (χ2n) is 13.2. The van der Waals surface area contributed by atoms with Gasteiger partial charge in [-0.05, 0) is 69.6 Å². The van der Waals surface area contributed by atoms with Gasteiger partial charge < -0.3 is 0 Å². The molecule has 3 aromatic heterocycles. The van der Waals surface area contributed by atoms with Crippen molar-refractivity contribution in [3.63, 3.8) is 0 Å². The molecular weight excluding hydrogens is 587 g/mol. The summed E-state index contributed by atoms with van der Waals surface area (Å²) in [5, 5.41) is 2.42. The molecule has 0 fully saturated rings. The average molecular weight is 620 g/mol. The van der Waals surface area contributed by atoms with Crippen LogP contribution in [0.5, 0.6) is 0 Å². The maximum Gasteiger partial charge on any atom is 0.182 e. The Bertz CT molecular complexity index is 2350. The number of aromatic nitrogens is 5. The molecule has 0 aliphatic heterocycles.